The lowest BCUT2D eigenvalue weighted by Crippen LogP contribution is -2.49. The predicted octanol–water partition coefficient (Wildman–Crippen LogP) is 1.89. The number of rotatable bonds is 7. The van der Waals surface area contributed by atoms with Crippen molar-refractivity contribution in [1.29, 1.82) is 0 Å². The summed E-state index contributed by atoms with van der Waals surface area (Å²) in [6.07, 6.45) is 5.17. The molecule has 2 aromatic rings. The molecule has 1 fully saturated rings. The molecule has 1 aromatic heterocycles. The topological polar surface area (TPSA) is 74.8 Å². The molecule has 0 aliphatic carbocycles. The number of hydrogen-bond acceptors (Lipinski definition) is 6. The number of aromatic nitrogens is 1. The number of anilines is 1. The first kappa shape index (κ1) is 20.7. The van der Waals surface area contributed by atoms with Crippen molar-refractivity contribution in [2.24, 2.45) is 0 Å². The molecule has 7 nitrogen and oxygen atoms in total. The van der Waals surface area contributed by atoms with Gasteiger partial charge in [-0.3, -0.25) is 19.6 Å². The Bertz CT molecular complexity index is 832. The molecule has 152 valence electrons. The van der Waals surface area contributed by atoms with Crippen LogP contribution in [0.25, 0.3) is 6.08 Å². The van der Waals surface area contributed by atoms with E-state index in [0.717, 1.165) is 31.7 Å². The highest BCUT2D eigenvalue weighted by atomic mass is 16.5. The third kappa shape index (κ3) is 6.51. The second kappa shape index (κ2) is 10.5. The van der Waals surface area contributed by atoms with E-state index in [9.17, 15) is 9.59 Å². The molecule has 1 aromatic carbocycles. The van der Waals surface area contributed by atoms with Crippen molar-refractivity contribution >= 4 is 23.6 Å². The first-order valence-electron chi connectivity index (χ1n) is 9.62. The van der Waals surface area contributed by atoms with E-state index in [1.54, 1.807) is 18.5 Å². The zero-order chi connectivity index (χ0) is 20.5. The van der Waals surface area contributed by atoms with Crippen LogP contribution in [0.15, 0.2) is 60.4 Å². The van der Waals surface area contributed by atoms with Crippen LogP contribution in [0.5, 0.6) is 0 Å². The molecule has 1 aliphatic rings. The van der Waals surface area contributed by atoms with E-state index in [1.165, 1.54) is 7.11 Å². The fourth-order valence-corrected chi connectivity index (χ4v) is 3.24. The fourth-order valence-electron chi connectivity index (χ4n) is 3.24. The molecule has 3 rings (SSSR count). The number of methoxy groups -OCH3 is 1. The summed E-state index contributed by atoms with van der Waals surface area (Å²) in [6.45, 7) is 3.96. The number of piperazine rings is 1. The van der Waals surface area contributed by atoms with E-state index < -0.39 is 0 Å². The normalized spacial score (nSPS) is 15.7. The molecule has 1 amide bonds. The maximum Gasteiger partial charge on any atom is 0.335 e. The van der Waals surface area contributed by atoms with Crippen LogP contribution in [0.1, 0.15) is 5.56 Å². The Kier molecular flexibility index (Phi) is 7.49. The van der Waals surface area contributed by atoms with Gasteiger partial charge in [-0.1, -0.05) is 30.3 Å². The van der Waals surface area contributed by atoms with Crippen LogP contribution < -0.4 is 5.32 Å². The Hall–Kier alpha value is -3.03. The maximum atomic E-state index is 12.2. The van der Waals surface area contributed by atoms with E-state index in [-0.39, 0.29) is 11.9 Å². The largest absolute Gasteiger partial charge is 0.466 e. The summed E-state index contributed by atoms with van der Waals surface area (Å²) in [7, 11) is 1.40. The first-order valence-corrected chi connectivity index (χ1v) is 9.62. The molecule has 7 heteroatoms. The van der Waals surface area contributed by atoms with Gasteiger partial charge in [-0.2, -0.15) is 0 Å². The third-order valence-corrected chi connectivity index (χ3v) is 4.76. The Morgan fingerprint density at radius 2 is 1.72 bits per heavy atom. The third-order valence-electron chi connectivity index (χ3n) is 4.76. The van der Waals surface area contributed by atoms with Crippen molar-refractivity contribution in [2.75, 3.05) is 51.7 Å². The van der Waals surface area contributed by atoms with Gasteiger partial charge in [-0.25, -0.2) is 4.79 Å². The van der Waals surface area contributed by atoms with Crippen LogP contribution in [0, 0.1) is 0 Å². The summed E-state index contributed by atoms with van der Waals surface area (Å²) >= 11 is 0. The summed E-state index contributed by atoms with van der Waals surface area (Å²) in [5.41, 5.74) is 2.30. The van der Waals surface area contributed by atoms with Crippen molar-refractivity contribution < 1.29 is 14.3 Å². The van der Waals surface area contributed by atoms with Gasteiger partial charge in [0.05, 0.1) is 31.1 Å². The van der Waals surface area contributed by atoms with Gasteiger partial charge in [0.25, 0.3) is 0 Å². The average molecular weight is 394 g/mol. The summed E-state index contributed by atoms with van der Waals surface area (Å²) in [5, 5.41) is 2.86. The van der Waals surface area contributed by atoms with Crippen LogP contribution >= 0.6 is 0 Å². The molecule has 0 atom stereocenters. The molecule has 0 unspecified atom stereocenters. The highest BCUT2D eigenvalue weighted by Gasteiger charge is 2.21. The molecular weight excluding hydrogens is 368 g/mol. The highest BCUT2D eigenvalue weighted by molar-refractivity contribution is 5.94. The fraction of sp³-hybridized carbons (Fsp3) is 0.318. The van der Waals surface area contributed by atoms with Crippen molar-refractivity contribution in [3.63, 3.8) is 0 Å². The Morgan fingerprint density at radius 3 is 2.34 bits per heavy atom. The Labute approximate surface area is 171 Å². The van der Waals surface area contributed by atoms with Crippen molar-refractivity contribution in [2.45, 2.75) is 0 Å². The maximum absolute atomic E-state index is 12.2. The quantitative estimate of drug-likeness (QED) is 0.571. The van der Waals surface area contributed by atoms with Crippen molar-refractivity contribution in [1.82, 2.24) is 14.8 Å². The number of pyridine rings is 1. The van der Waals surface area contributed by atoms with Crippen LogP contribution in [-0.2, 0) is 14.3 Å². The van der Waals surface area contributed by atoms with Gasteiger partial charge in [0.2, 0.25) is 5.91 Å². The number of nitrogens with one attached hydrogen (secondary N) is 1. The molecule has 29 heavy (non-hydrogen) atoms. The minimum Gasteiger partial charge on any atom is -0.466 e. The van der Waals surface area contributed by atoms with Gasteiger partial charge >= 0.3 is 5.97 Å². The Morgan fingerprint density at radius 1 is 1.03 bits per heavy atom. The van der Waals surface area contributed by atoms with E-state index in [0.29, 0.717) is 24.4 Å². The van der Waals surface area contributed by atoms with Gasteiger partial charge in [0.15, 0.2) is 0 Å². The van der Waals surface area contributed by atoms with Crippen molar-refractivity contribution in [3.05, 3.63) is 66.0 Å². The minimum absolute atomic E-state index is 0.0503. The zero-order valence-corrected chi connectivity index (χ0v) is 16.6. The van der Waals surface area contributed by atoms with Crippen molar-refractivity contribution in [3.8, 4) is 0 Å². The molecule has 0 spiro atoms. The smallest absolute Gasteiger partial charge is 0.335 e. The number of hydrogen-bond donors (Lipinski definition) is 1. The van der Waals surface area contributed by atoms with Crippen LogP contribution in [-0.4, -0.2) is 73.0 Å². The lowest BCUT2D eigenvalue weighted by atomic mass is 10.1. The second-order valence-corrected chi connectivity index (χ2v) is 6.91. The average Bonchev–Trinajstić information content (AvgIpc) is 2.75. The number of carbonyl (C=O) groups is 2. The number of carbonyl (C=O) groups excluding carboxylic acids is 2. The SMILES string of the molecule is COC(=O)/C(=C/c1ccccc1)CN1CCN(CC(=O)Nc2cccnc2)CC1. The van der Waals surface area contributed by atoms with Crippen LogP contribution in [0.3, 0.4) is 0 Å². The van der Waals surface area contributed by atoms with Gasteiger partial charge in [0.1, 0.15) is 0 Å². The van der Waals surface area contributed by atoms with Crippen LogP contribution in [0.4, 0.5) is 5.69 Å². The predicted molar refractivity (Wildman–Crippen MR) is 112 cm³/mol. The molecule has 1 saturated heterocycles. The number of benzene rings is 1. The van der Waals surface area contributed by atoms with E-state index >= 15 is 0 Å². The van der Waals surface area contributed by atoms with Gasteiger partial charge in [-0.15, -0.1) is 0 Å². The summed E-state index contributed by atoms with van der Waals surface area (Å²) in [4.78, 5) is 32.7. The van der Waals surface area contributed by atoms with E-state index in [1.807, 2.05) is 42.5 Å². The van der Waals surface area contributed by atoms with E-state index in [2.05, 4.69) is 20.1 Å². The molecule has 1 aliphatic heterocycles. The van der Waals surface area contributed by atoms with Gasteiger partial charge in [-0.05, 0) is 23.8 Å². The lowest BCUT2D eigenvalue weighted by molar-refractivity contribution is -0.136. The second-order valence-electron chi connectivity index (χ2n) is 6.91. The summed E-state index contributed by atoms with van der Waals surface area (Å²) in [6, 6.07) is 13.3. The van der Waals surface area contributed by atoms with Gasteiger partial charge < -0.3 is 10.1 Å². The summed E-state index contributed by atoms with van der Waals surface area (Å²) < 4.78 is 4.95. The standard InChI is InChI=1S/C22H26N4O3/c1-29-22(28)19(14-18-6-3-2-4-7-18)16-25-10-12-26(13-11-25)17-21(27)24-20-8-5-9-23-15-20/h2-9,14-15H,10-13,16-17H2,1H3,(H,24,27)/b19-14+. The number of amides is 1. The minimum atomic E-state index is -0.313. The monoisotopic (exact) mass is 394 g/mol. The molecule has 1 N–H and O–H groups in total. The zero-order valence-electron chi connectivity index (χ0n) is 16.6. The Balaban J connectivity index is 1.50. The molecule has 0 radical (unpaired) electrons. The van der Waals surface area contributed by atoms with Gasteiger partial charge in [0, 0.05) is 38.9 Å². The molecule has 0 saturated carbocycles. The lowest BCUT2D eigenvalue weighted by Gasteiger charge is -2.34. The number of nitrogens with zero attached hydrogens (tertiary/aromatic N) is 3. The summed E-state index contributed by atoms with van der Waals surface area (Å²) in [5.74, 6) is -0.363. The molecule has 2 heterocycles. The highest BCUT2D eigenvalue weighted by Crippen LogP contribution is 2.12. The number of ether oxygens (including phenoxy) is 1. The number of esters is 1. The van der Waals surface area contributed by atoms with Crippen LogP contribution in [0.2, 0.25) is 0 Å². The molecule has 0 bridgehead atoms. The first-order chi connectivity index (χ1) is 14.1. The van der Waals surface area contributed by atoms with E-state index in [4.69, 9.17) is 4.74 Å². The molecular formula is C22H26N4O3.